The second-order valence-corrected chi connectivity index (χ2v) is 6.62. The summed E-state index contributed by atoms with van der Waals surface area (Å²) in [7, 11) is 0. The van der Waals surface area contributed by atoms with Crippen molar-refractivity contribution in [3.8, 4) is 0 Å². The summed E-state index contributed by atoms with van der Waals surface area (Å²) in [6.07, 6.45) is 5.00. The van der Waals surface area contributed by atoms with Crippen LogP contribution in [0.1, 0.15) is 17.2 Å². The van der Waals surface area contributed by atoms with Gasteiger partial charge in [0.1, 0.15) is 11.7 Å². The third-order valence-electron chi connectivity index (χ3n) is 3.91. The molecule has 0 aliphatic carbocycles. The lowest BCUT2D eigenvalue weighted by Gasteiger charge is -2.21. The van der Waals surface area contributed by atoms with Crippen LogP contribution >= 0.6 is 11.8 Å². The van der Waals surface area contributed by atoms with Crippen molar-refractivity contribution in [1.82, 2.24) is 19.7 Å². The Hall–Kier alpha value is -3.13. The zero-order chi connectivity index (χ0) is 17.9. The van der Waals surface area contributed by atoms with E-state index in [0.29, 0.717) is 11.1 Å². The molecule has 1 atom stereocenters. The van der Waals surface area contributed by atoms with Crippen molar-refractivity contribution in [3.63, 3.8) is 0 Å². The fourth-order valence-corrected chi connectivity index (χ4v) is 3.45. The van der Waals surface area contributed by atoms with E-state index in [1.54, 1.807) is 23.2 Å². The maximum absolute atomic E-state index is 11.4. The highest BCUT2D eigenvalue weighted by Crippen LogP contribution is 2.31. The predicted molar refractivity (Wildman–Crippen MR) is 97.7 cm³/mol. The first kappa shape index (κ1) is 16.3. The Labute approximate surface area is 153 Å². The van der Waals surface area contributed by atoms with Crippen LogP contribution in [0.4, 0.5) is 5.95 Å². The van der Waals surface area contributed by atoms with Gasteiger partial charge in [-0.05, 0) is 23.3 Å². The number of aromatic nitrogens is 4. The molecule has 0 saturated heterocycles. The summed E-state index contributed by atoms with van der Waals surface area (Å²) < 4.78 is 1.69. The molecule has 130 valence electrons. The van der Waals surface area contributed by atoms with Gasteiger partial charge in [-0.3, -0.25) is 4.98 Å². The zero-order valence-electron chi connectivity index (χ0n) is 13.6. The van der Waals surface area contributed by atoms with Crippen LogP contribution in [0.3, 0.4) is 0 Å². The van der Waals surface area contributed by atoms with E-state index < -0.39 is 5.97 Å². The molecule has 0 unspecified atom stereocenters. The van der Waals surface area contributed by atoms with Gasteiger partial charge in [0.2, 0.25) is 11.1 Å². The van der Waals surface area contributed by atoms with Gasteiger partial charge in [-0.15, -0.1) is 5.10 Å². The van der Waals surface area contributed by atoms with Gasteiger partial charge in [-0.25, -0.2) is 9.48 Å². The predicted octanol–water partition coefficient (Wildman–Crippen LogP) is 2.95. The summed E-state index contributed by atoms with van der Waals surface area (Å²) in [5, 5.41) is 17.4. The second kappa shape index (κ2) is 7.01. The van der Waals surface area contributed by atoms with Gasteiger partial charge in [-0.2, -0.15) is 4.98 Å². The molecule has 0 amide bonds. The largest absolute Gasteiger partial charge is 0.477 e. The van der Waals surface area contributed by atoms with Crippen LogP contribution < -0.4 is 5.32 Å². The molecule has 0 fully saturated rings. The first-order valence-electron chi connectivity index (χ1n) is 7.96. The van der Waals surface area contributed by atoms with E-state index in [9.17, 15) is 9.90 Å². The van der Waals surface area contributed by atoms with Gasteiger partial charge in [0.05, 0.1) is 0 Å². The van der Waals surface area contributed by atoms with Crippen molar-refractivity contribution in [2.24, 2.45) is 0 Å². The van der Waals surface area contributed by atoms with E-state index in [0.717, 1.165) is 11.3 Å². The Balaban J connectivity index is 1.63. The standard InChI is InChI=1S/C18H15N5O2S/c24-16(25)14-9-15(13-7-4-8-19-10-13)23-17(20-14)21-18(22-23)26-11-12-5-2-1-3-6-12/h1-10,15H,11H2,(H,24,25)(H,20,21,22)/t15-/m0/s1. The van der Waals surface area contributed by atoms with Gasteiger partial charge in [0.25, 0.3) is 0 Å². The van der Waals surface area contributed by atoms with Crippen LogP contribution in [0.5, 0.6) is 0 Å². The smallest absolute Gasteiger partial charge is 0.352 e. The third kappa shape index (κ3) is 3.31. The van der Waals surface area contributed by atoms with Crippen molar-refractivity contribution < 1.29 is 9.90 Å². The fraction of sp³-hybridized carbons (Fsp3) is 0.111. The molecule has 0 radical (unpaired) electrons. The number of nitrogens with zero attached hydrogens (tertiary/aromatic N) is 4. The van der Waals surface area contributed by atoms with E-state index in [2.05, 4.69) is 20.4 Å². The Morgan fingerprint density at radius 3 is 2.81 bits per heavy atom. The molecule has 1 aliphatic rings. The number of fused-ring (bicyclic) bond motifs is 1. The first-order valence-corrected chi connectivity index (χ1v) is 8.94. The molecule has 1 aromatic carbocycles. The molecular formula is C18H15N5O2S. The molecule has 1 aliphatic heterocycles. The van der Waals surface area contributed by atoms with E-state index >= 15 is 0 Å². The lowest BCUT2D eigenvalue weighted by atomic mass is 10.1. The van der Waals surface area contributed by atoms with Gasteiger partial charge >= 0.3 is 5.97 Å². The summed E-state index contributed by atoms with van der Waals surface area (Å²) >= 11 is 1.50. The fourth-order valence-electron chi connectivity index (χ4n) is 2.67. The summed E-state index contributed by atoms with van der Waals surface area (Å²) in [4.78, 5) is 20.0. The van der Waals surface area contributed by atoms with E-state index in [-0.39, 0.29) is 11.7 Å². The monoisotopic (exact) mass is 365 g/mol. The normalized spacial score (nSPS) is 15.7. The quantitative estimate of drug-likeness (QED) is 0.672. The molecule has 3 heterocycles. The summed E-state index contributed by atoms with van der Waals surface area (Å²) in [6.45, 7) is 0. The number of rotatable bonds is 5. The number of benzene rings is 1. The Bertz CT molecular complexity index is 956. The minimum absolute atomic E-state index is 0.0818. The second-order valence-electron chi connectivity index (χ2n) is 5.68. The molecule has 0 saturated carbocycles. The maximum atomic E-state index is 11.4. The highest BCUT2D eigenvalue weighted by Gasteiger charge is 2.27. The minimum Gasteiger partial charge on any atom is -0.477 e. The number of carbonyl (C=O) groups is 1. The molecule has 0 bridgehead atoms. The van der Waals surface area contributed by atoms with Crippen LogP contribution in [-0.2, 0) is 10.5 Å². The highest BCUT2D eigenvalue weighted by atomic mass is 32.2. The van der Waals surface area contributed by atoms with Crippen LogP contribution in [0.25, 0.3) is 0 Å². The number of allylic oxidation sites excluding steroid dienone is 1. The van der Waals surface area contributed by atoms with Gasteiger partial charge in [0.15, 0.2) is 0 Å². The number of carboxylic acids is 1. The lowest BCUT2D eigenvalue weighted by Crippen LogP contribution is -2.24. The number of hydrogen-bond donors (Lipinski definition) is 2. The number of hydrogen-bond acceptors (Lipinski definition) is 6. The SMILES string of the molecule is O=C(O)C1=C[C@@H](c2cccnc2)n2nc(SCc3ccccc3)nc2N1. The third-order valence-corrected chi connectivity index (χ3v) is 4.82. The number of anilines is 1. The van der Waals surface area contributed by atoms with E-state index in [1.165, 1.54) is 17.3 Å². The van der Waals surface area contributed by atoms with Gasteiger partial charge < -0.3 is 10.4 Å². The Morgan fingerprint density at radius 2 is 2.08 bits per heavy atom. The summed E-state index contributed by atoms with van der Waals surface area (Å²) in [6, 6.07) is 13.4. The van der Waals surface area contributed by atoms with Crippen molar-refractivity contribution in [2.75, 3.05) is 5.32 Å². The van der Waals surface area contributed by atoms with Crippen molar-refractivity contribution >= 4 is 23.7 Å². The molecule has 8 heteroatoms. The number of pyridine rings is 1. The Kier molecular flexibility index (Phi) is 4.40. The van der Waals surface area contributed by atoms with Crippen molar-refractivity contribution in [1.29, 1.82) is 0 Å². The van der Waals surface area contributed by atoms with Gasteiger partial charge in [-0.1, -0.05) is 48.2 Å². The molecule has 0 spiro atoms. The zero-order valence-corrected chi connectivity index (χ0v) is 14.4. The maximum Gasteiger partial charge on any atom is 0.352 e. The molecule has 2 aromatic heterocycles. The number of carboxylic acid groups (broad SMARTS) is 1. The minimum atomic E-state index is -1.04. The highest BCUT2D eigenvalue weighted by molar-refractivity contribution is 7.98. The van der Waals surface area contributed by atoms with Crippen LogP contribution in [-0.4, -0.2) is 30.8 Å². The van der Waals surface area contributed by atoms with Crippen molar-refractivity contribution in [2.45, 2.75) is 17.0 Å². The molecule has 26 heavy (non-hydrogen) atoms. The molecule has 7 nitrogen and oxygen atoms in total. The van der Waals surface area contributed by atoms with Crippen LogP contribution in [0, 0.1) is 0 Å². The summed E-state index contributed by atoms with van der Waals surface area (Å²) in [5.41, 5.74) is 2.10. The summed E-state index contributed by atoms with van der Waals surface area (Å²) in [5.74, 6) is 0.113. The average Bonchev–Trinajstić information content (AvgIpc) is 3.10. The topological polar surface area (TPSA) is 92.9 Å². The van der Waals surface area contributed by atoms with Gasteiger partial charge in [0, 0.05) is 18.1 Å². The van der Waals surface area contributed by atoms with E-state index in [1.807, 2.05) is 42.5 Å². The van der Waals surface area contributed by atoms with Crippen LogP contribution in [0.2, 0.25) is 0 Å². The molecule has 4 rings (SSSR count). The molecular weight excluding hydrogens is 350 g/mol. The molecule has 3 aromatic rings. The number of thioether (sulfide) groups is 1. The van der Waals surface area contributed by atoms with Crippen molar-refractivity contribution in [3.05, 3.63) is 77.8 Å². The Morgan fingerprint density at radius 1 is 1.23 bits per heavy atom. The average molecular weight is 365 g/mol. The lowest BCUT2D eigenvalue weighted by molar-refractivity contribution is -0.132. The number of aliphatic carboxylic acids is 1. The van der Waals surface area contributed by atoms with E-state index in [4.69, 9.17) is 0 Å². The first-order chi connectivity index (χ1) is 12.7. The number of nitrogens with one attached hydrogen (secondary N) is 1. The molecule has 2 N–H and O–H groups in total. The van der Waals surface area contributed by atoms with Crippen LogP contribution in [0.15, 0.2) is 71.8 Å².